The number of esters is 1. The van der Waals surface area contributed by atoms with Crippen molar-refractivity contribution in [2.24, 2.45) is 11.8 Å². The lowest BCUT2D eigenvalue weighted by atomic mass is 9.59. The van der Waals surface area contributed by atoms with Gasteiger partial charge in [-0.25, -0.2) is 4.52 Å². The molecule has 0 aliphatic heterocycles. The Morgan fingerprint density at radius 3 is 2.79 bits per heavy atom. The number of carbonyl (C=O) groups excluding carboxylic acids is 2. The SMILES string of the molecule is CCOC(=O)C1CC2CCC1(Nc1nc(Cl)nn3c(C(=O)NC)ccc13)CC2. The molecule has 5 rings (SSSR count). The third-order valence-electron chi connectivity index (χ3n) is 6.12. The van der Waals surface area contributed by atoms with E-state index in [4.69, 9.17) is 16.3 Å². The first-order valence-electron chi connectivity index (χ1n) is 9.69. The first-order chi connectivity index (χ1) is 13.5. The lowest BCUT2D eigenvalue weighted by Crippen LogP contribution is -2.56. The smallest absolute Gasteiger partial charge is 0.311 e. The van der Waals surface area contributed by atoms with Crippen LogP contribution >= 0.6 is 11.6 Å². The van der Waals surface area contributed by atoms with Gasteiger partial charge in [0.05, 0.1) is 18.1 Å². The van der Waals surface area contributed by atoms with E-state index in [0.717, 1.165) is 32.1 Å². The van der Waals surface area contributed by atoms with E-state index < -0.39 is 5.54 Å². The van der Waals surface area contributed by atoms with Gasteiger partial charge in [0, 0.05) is 7.05 Å². The molecular weight excluding hydrogens is 382 g/mol. The van der Waals surface area contributed by atoms with Gasteiger partial charge in [0.2, 0.25) is 5.28 Å². The molecule has 2 bridgehead atoms. The fourth-order valence-corrected chi connectivity index (χ4v) is 4.87. The molecular formula is C19H24ClN5O3. The van der Waals surface area contributed by atoms with E-state index in [9.17, 15) is 9.59 Å². The summed E-state index contributed by atoms with van der Waals surface area (Å²) in [5, 5.41) is 10.3. The molecule has 1 atom stereocenters. The summed E-state index contributed by atoms with van der Waals surface area (Å²) in [5.41, 5.74) is 0.598. The molecule has 3 saturated carbocycles. The second-order valence-corrected chi connectivity index (χ2v) is 7.93. The Balaban J connectivity index is 1.74. The zero-order chi connectivity index (χ0) is 19.9. The van der Waals surface area contributed by atoms with Crippen LogP contribution in [0.4, 0.5) is 5.82 Å². The van der Waals surface area contributed by atoms with Gasteiger partial charge < -0.3 is 15.4 Å². The second-order valence-electron chi connectivity index (χ2n) is 7.59. The van der Waals surface area contributed by atoms with Crippen LogP contribution in [0.25, 0.3) is 5.52 Å². The summed E-state index contributed by atoms with van der Waals surface area (Å²) in [6, 6.07) is 3.47. The molecule has 9 heteroatoms. The largest absolute Gasteiger partial charge is 0.466 e. The molecule has 3 aliphatic carbocycles. The molecule has 1 amide bonds. The van der Waals surface area contributed by atoms with Gasteiger partial charge in [-0.15, -0.1) is 5.10 Å². The van der Waals surface area contributed by atoms with Crippen molar-refractivity contribution in [3.05, 3.63) is 23.1 Å². The first-order valence-corrected chi connectivity index (χ1v) is 10.1. The van der Waals surface area contributed by atoms with Crippen molar-refractivity contribution in [3.63, 3.8) is 0 Å². The third-order valence-corrected chi connectivity index (χ3v) is 6.28. The van der Waals surface area contributed by atoms with Gasteiger partial charge in [0.25, 0.3) is 5.91 Å². The molecule has 0 spiro atoms. The molecule has 2 aromatic heterocycles. The molecule has 0 saturated heterocycles. The summed E-state index contributed by atoms with van der Waals surface area (Å²) in [6.45, 7) is 2.20. The first kappa shape index (κ1) is 19.0. The number of carbonyl (C=O) groups is 2. The number of hydrogen-bond acceptors (Lipinski definition) is 6. The van der Waals surface area contributed by atoms with Crippen LogP contribution in [-0.4, -0.2) is 45.7 Å². The molecule has 150 valence electrons. The average molecular weight is 406 g/mol. The Morgan fingerprint density at radius 2 is 2.11 bits per heavy atom. The molecule has 8 nitrogen and oxygen atoms in total. The number of ether oxygens (including phenoxy) is 1. The van der Waals surface area contributed by atoms with E-state index in [0.29, 0.717) is 29.6 Å². The summed E-state index contributed by atoms with van der Waals surface area (Å²) in [5.74, 6) is 0.464. The maximum atomic E-state index is 12.7. The number of fused-ring (bicyclic) bond motifs is 4. The summed E-state index contributed by atoms with van der Waals surface area (Å²) >= 11 is 6.16. The van der Waals surface area contributed by atoms with Gasteiger partial charge in [0.1, 0.15) is 11.2 Å². The number of halogens is 1. The van der Waals surface area contributed by atoms with Gasteiger partial charge in [-0.2, -0.15) is 4.98 Å². The number of rotatable bonds is 5. The Kier molecular flexibility index (Phi) is 4.91. The van der Waals surface area contributed by atoms with E-state index in [1.54, 1.807) is 19.2 Å². The topological polar surface area (TPSA) is 97.6 Å². The zero-order valence-corrected chi connectivity index (χ0v) is 16.8. The van der Waals surface area contributed by atoms with E-state index in [2.05, 4.69) is 20.7 Å². The number of hydrogen-bond donors (Lipinski definition) is 2. The monoisotopic (exact) mass is 405 g/mol. The zero-order valence-electron chi connectivity index (χ0n) is 16.0. The molecule has 2 N–H and O–H groups in total. The highest BCUT2D eigenvalue weighted by atomic mass is 35.5. The van der Waals surface area contributed by atoms with Crippen molar-refractivity contribution in [2.45, 2.75) is 44.6 Å². The summed E-state index contributed by atoms with van der Waals surface area (Å²) in [6.07, 6.45) is 4.71. The molecule has 1 unspecified atom stereocenters. The molecule has 2 aromatic rings. The Morgan fingerprint density at radius 1 is 1.36 bits per heavy atom. The summed E-state index contributed by atoms with van der Waals surface area (Å²) in [7, 11) is 1.56. The van der Waals surface area contributed by atoms with Gasteiger partial charge in [-0.1, -0.05) is 0 Å². The molecule has 0 radical (unpaired) electrons. The predicted molar refractivity (Wildman–Crippen MR) is 104 cm³/mol. The minimum Gasteiger partial charge on any atom is -0.466 e. The van der Waals surface area contributed by atoms with Crippen LogP contribution in [0.2, 0.25) is 5.28 Å². The van der Waals surface area contributed by atoms with Crippen LogP contribution in [0.1, 0.15) is 49.5 Å². The number of amides is 1. The number of nitrogens with one attached hydrogen (secondary N) is 2. The van der Waals surface area contributed by atoms with Crippen LogP contribution in [0, 0.1) is 11.8 Å². The minimum atomic E-state index is -0.420. The van der Waals surface area contributed by atoms with Gasteiger partial charge >= 0.3 is 5.97 Å². The highest BCUT2D eigenvalue weighted by molar-refractivity contribution is 6.28. The van der Waals surface area contributed by atoms with Crippen molar-refractivity contribution in [3.8, 4) is 0 Å². The highest BCUT2D eigenvalue weighted by Gasteiger charge is 2.52. The summed E-state index contributed by atoms with van der Waals surface area (Å²) < 4.78 is 6.85. The fraction of sp³-hybridized carbons (Fsp3) is 0.579. The maximum absolute atomic E-state index is 12.7. The number of anilines is 1. The number of aromatic nitrogens is 3. The lowest BCUT2D eigenvalue weighted by Gasteiger charge is -2.51. The minimum absolute atomic E-state index is 0.0323. The van der Waals surface area contributed by atoms with Crippen molar-refractivity contribution in [2.75, 3.05) is 19.0 Å². The Labute approximate surface area is 168 Å². The average Bonchev–Trinajstić information content (AvgIpc) is 3.12. The molecule has 28 heavy (non-hydrogen) atoms. The Hall–Kier alpha value is -2.35. The van der Waals surface area contributed by atoms with Crippen LogP contribution in [-0.2, 0) is 9.53 Å². The van der Waals surface area contributed by atoms with Gasteiger partial charge in [0.15, 0.2) is 5.82 Å². The van der Waals surface area contributed by atoms with E-state index in [1.165, 1.54) is 4.52 Å². The van der Waals surface area contributed by atoms with Gasteiger partial charge in [-0.3, -0.25) is 9.59 Å². The van der Waals surface area contributed by atoms with E-state index in [-0.39, 0.29) is 23.1 Å². The van der Waals surface area contributed by atoms with Crippen molar-refractivity contribution in [1.82, 2.24) is 19.9 Å². The lowest BCUT2D eigenvalue weighted by molar-refractivity contribution is -0.154. The molecule has 0 aromatic carbocycles. The predicted octanol–water partition coefficient (Wildman–Crippen LogP) is 2.67. The van der Waals surface area contributed by atoms with Crippen molar-refractivity contribution in [1.29, 1.82) is 0 Å². The van der Waals surface area contributed by atoms with Crippen molar-refractivity contribution >= 4 is 34.8 Å². The van der Waals surface area contributed by atoms with Crippen LogP contribution in [0.15, 0.2) is 12.1 Å². The quantitative estimate of drug-likeness (QED) is 0.742. The van der Waals surface area contributed by atoms with E-state index >= 15 is 0 Å². The molecule has 3 fully saturated rings. The summed E-state index contributed by atoms with van der Waals surface area (Å²) in [4.78, 5) is 29.2. The normalized spacial score (nSPS) is 26.2. The highest BCUT2D eigenvalue weighted by Crippen LogP contribution is 2.50. The van der Waals surface area contributed by atoms with E-state index in [1.807, 2.05) is 6.92 Å². The Bertz CT molecular complexity index is 920. The fourth-order valence-electron chi connectivity index (χ4n) is 4.71. The molecule has 2 heterocycles. The van der Waals surface area contributed by atoms with Crippen LogP contribution in [0.5, 0.6) is 0 Å². The third kappa shape index (κ3) is 3.09. The van der Waals surface area contributed by atoms with Gasteiger partial charge in [-0.05, 0) is 68.7 Å². The van der Waals surface area contributed by atoms with Crippen LogP contribution in [0.3, 0.4) is 0 Å². The second kappa shape index (κ2) is 7.24. The van der Waals surface area contributed by atoms with Crippen molar-refractivity contribution < 1.29 is 14.3 Å². The van der Waals surface area contributed by atoms with Crippen LogP contribution < -0.4 is 10.6 Å². The molecule has 3 aliphatic rings. The number of nitrogens with zero attached hydrogens (tertiary/aromatic N) is 3. The standard InChI is InChI=1S/C19H24ClN5O3/c1-3-28-17(27)12-10-11-6-8-19(12,9-7-11)23-15-13-4-5-14(16(26)21-2)25(13)24-18(20)22-15/h4-5,11-12H,3,6-10H2,1-2H3,(H,21,26)(H,22,23,24). The maximum Gasteiger partial charge on any atom is 0.311 e.